The second-order valence-corrected chi connectivity index (χ2v) is 7.29. The molecule has 0 radical (unpaired) electrons. The van der Waals surface area contributed by atoms with Crippen LogP contribution in [0.5, 0.6) is 0 Å². The van der Waals surface area contributed by atoms with Crippen LogP contribution in [0.2, 0.25) is 0 Å². The predicted molar refractivity (Wildman–Crippen MR) is 118 cm³/mol. The molecule has 10 heteroatoms. The summed E-state index contributed by atoms with van der Waals surface area (Å²) >= 11 is 0. The number of carbonyl (C=O) groups excluding carboxylic acids is 1. The highest BCUT2D eigenvalue weighted by Crippen LogP contribution is 2.18. The van der Waals surface area contributed by atoms with Crippen molar-refractivity contribution in [2.24, 2.45) is 7.05 Å². The fraction of sp³-hybridized carbons (Fsp3) is 0.227. The van der Waals surface area contributed by atoms with Gasteiger partial charge in [0.2, 0.25) is 0 Å². The van der Waals surface area contributed by atoms with E-state index in [9.17, 15) is 4.79 Å². The number of amides is 1. The summed E-state index contributed by atoms with van der Waals surface area (Å²) in [5.74, 6) is 1.22. The van der Waals surface area contributed by atoms with Gasteiger partial charge in [-0.15, -0.1) is 10.2 Å². The molecule has 0 unspecified atom stereocenters. The molecular weight excluding hydrogens is 406 g/mol. The fourth-order valence-corrected chi connectivity index (χ4v) is 3.30. The maximum atomic E-state index is 12.8. The maximum absolute atomic E-state index is 12.8. The third kappa shape index (κ3) is 4.59. The van der Waals surface area contributed by atoms with Crippen LogP contribution in [0.15, 0.2) is 55.4 Å². The molecule has 0 bridgehead atoms. The van der Waals surface area contributed by atoms with Crippen LogP contribution >= 0.6 is 0 Å². The second-order valence-electron chi connectivity index (χ2n) is 7.29. The smallest absolute Gasteiger partial charge is 0.251 e. The van der Waals surface area contributed by atoms with Crippen molar-refractivity contribution in [1.29, 1.82) is 0 Å². The summed E-state index contributed by atoms with van der Waals surface area (Å²) in [6.45, 7) is 4.25. The largest absolute Gasteiger partial charge is 0.378 e. The van der Waals surface area contributed by atoms with Crippen molar-refractivity contribution in [1.82, 2.24) is 40.0 Å². The Kier molecular flexibility index (Phi) is 6.11. The van der Waals surface area contributed by atoms with Crippen molar-refractivity contribution >= 4 is 11.6 Å². The Morgan fingerprint density at radius 3 is 2.75 bits per heavy atom. The molecule has 1 amide bonds. The SMILES string of the molecule is Cc1ncncc1[C@@H](C)NC(=O)c1cccc(NCc2nnc(-c3ccncn3)n2C)c1. The van der Waals surface area contributed by atoms with Crippen LogP contribution in [0.3, 0.4) is 0 Å². The van der Waals surface area contributed by atoms with E-state index in [1.807, 2.05) is 37.6 Å². The molecule has 32 heavy (non-hydrogen) atoms. The van der Waals surface area contributed by atoms with Gasteiger partial charge in [0.05, 0.1) is 12.6 Å². The molecular formula is C22H23N9O. The Balaban J connectivity index is 1.42. The zero-order chi connectivity index (χ0) is 22.5. The molecule has 1 aromatic carbocycles. The van der Waals surface area contributed by atoms with Gasteiger partial charge in [0.15, 0.2) is 11.6 Å². The van der Waals surface area contributed by atoms with Crippen LogP contribution in [0.25, 0.3) is 11.5 Å². The molecule has 3 heterocycles. The first kappa shape index (κ1) is 21.0. The van der Waals surface area contributed by atoms with Crippen molar-refractivity contribution < 1.29 is 4.79 Å². The van der Waals surface area contributed by atoms with Crippen LogP contribution in [-0.2, 0) is 13.6 Å². The summed E-state index contributed by atoms with van der Waals surface area (Å²) in [5, 5.41) is 14.8. The molecule has 4 aromatic rings. The van der Waals surface area contributed by atoms with E-state index in [1.165, 1.54) is 12.7 Å². The van der Waals surface area contributed by atoms with E-state index in [4.69, 9.17) is 0 Å². The predicted octanol–water partition coefficient (Wildman–Crippen LogP) is 2.47. The van der Waals surface area contributed by atoms with Gasteiger partial charge in [-0.1, -0.05) is 6.07 Å². The van der Waals surface area contributed by atoms with Gasteiger partial charge in [-0.2, -0.15) is 0 Å². The van der Waals surface area contributed by atoms with E-state index < -0.39 is 0 Å². The molecule has 0 aliphatic heterocycles. The zero-order valence-electron chi connectivity index (χ0n) is 18.0. The summed E-state index contributed by atoms with van der Waals surface area (Å²) in [7, 11) is 1.88. The van der Waals surface area contributed by atoms with E-state index in [0.717, 1.165) is 22.8 Å². The van der Waals surface area contributed by atoms with Crippen LogP contribution < -0.4 is 10.6 Å². The molecule has 10 nitrogen and oxygen atoms in total. The lowest BCUT2D eigenvalue weighted by Gasteiger charge is -2.16. The zero-order valence-corrected chi connectivity index (χ0v) is 18.0. The number of carbonyl (C=O) groups is 1. The first-order valence-corrected chi connectivity index (χ1v) is 10.1. The van der Waals surface area contributed by atoms with Gasteiger partial charge >= 0.3 is 0 Å². The number of aryl methyl sites for hydroxylation is 1. The van der Waals surface area contributed by atoms with Gasteiger partial charge in [-0.3, -0.25) is 4.79 Å². The number of nitrogens with one attached hydrogen (secondary N) is 2. The van der Waals surface area contributed by atoms with Crippen molar-refractivity contribution in [3.8, 4) is 11.5 Å². The van der Waals surface area contributed by atoms with Crippen molar-refractivity contribution in [3.63, 3.8) is 0 Å². The van der Waals surface area contributed by atoms with Crippen LogP contribution in [0, 0.1) is 6.92 Å². The minimum atomic E-state index is -0.209. The minimum Gasteiger partial charge on any atom is -0.378 e. The number of benzene rings is 1. The van der Waals surface area contributed by atoms with Gasteiger partial charge in [0.25, 0.3) is 5.91 Å². The quantitative estimate of drug-likeness (QED) is 0.459. The van der Waals surface area contributed by atoms with E-state index in [1.54, 1.807) is 30.6 Å². The summed E-state index contributed by atoms with van der Waals surface area (Å²) in [5.41, 5.74) is 3.78. The van der Waals surface area contributed by atoms with Crippen LogP contribution in [0.1, 0.15) is 40.4 Å². The number of anilines is 1. The molecule has 0 spiro atoms. The Bertz CT molecular complexity index is 1220. The van der Waals surface area contributed by atoms with E-state index in [2.05, 4.69) is 40.8 Å². The molecule has 3 aromatic heterocycles. The number of hydrogen-bond acceptors (Lipinski definition) is 8. The lowest BCUT2D eigenvalue weighted by molar-refractivity contribution is 0.0939. The molecule has 0 aliphatic rings. The number of nitrogens with zero attached hydrogens (tertiary/aromatic N) is 7. The first-order valence-electron chi connectivity index (χ1n) is 10.1. The third-order valence-electron chi connectivity index (χ3n) is 5.12. The van der Waals surface area contributed by atoms with Crippen LogP contribution in [-0.4, -0.2) is 40.6 Å². The monoisotopic (exact) mass is 429 g/mol. The summed E-state index contributed by atoms with van der Waals surface area (Å²) < 4.78 is 1.87. The second kappa shape index (κ2) is 9.29. The Labute approximate surface area is 185 Å². The van der Waals surface area contributed by atoms with Gasteiger partial charge in [-0.25, -0.2) is 19.9 Å². The minimum absolute atomic E-state index is 0.172. The lowest BCUT2D eigenvalue weighted by Crippen LogP contribution is -2.27. The fourth-order valence-electron chi connectivity index (χ4n) is 3.30. The topological polar surface area (TPSA) is 123 Å². The Morgan fingerprint density at radius 2 is 1.97 bits per heavy atom. The van der Waals surface area contributed by atoms with Crippen LogP contribution in [0.4, 0.5) is 5.69 Å². The Hall–Kier alpha value is -4.21. The summed E-state index contributed by atoms with van der Waals surface area (Å²) in [6.07, 6.45) is 6.36. The third-order valence-corrected chi connectivity index (χ3v) is 5.12. The van der Waals surface area contributed by atoms with Crippen molar-refractivity contribution in [2.45, 2.75) is 26.4 Å². The number of rotatable bonds is 7. The normalized spacial score (nSPS) is 11.7. The summed E-state index contributed by atoms with van der Waals surface area (Å²) in [6, 6.07) is 8.89. The highest BCUT2D eigenvalue weighted by molar-refractivity contribution is 5.95. The van der Waals surface area contributed by atoms with Crippen molar-refractivity contribution in [2.75, 3.05) is 5.32 Å². The first-order chi connectivity index (χ1) is 15.5. The lowest BCUT2D eigenvalue weighted by atomic mass is 10.1. The molecule has 4 rings (SSSR count). The maximum Gasteiger partial charge on any atom is 0.251 e. The molecule has 2 N–H and O–H groups in total. The van der Waals surface area contributed by atoms with E-state index in [-0.39, 0.29) is 11.9 Å². The average Bonchev–Trinajstić information content (AvgIpc) is 3.19. The van der Waals surface area contributed by atoms with Gasteiger partial charge in [0, 0.05) is 41.9 Å². The standard InChI is InChI=1S/C22H23N9O/c1-14-18(10-24-13-26-14)15(2)28-22(32)16-5-4-6-17(9-16)25-11-20-29-30-21(31(20)3)19-7-8-23-12-27-19/h4-10,12-13,15,25H,11H2,1-3H3,(H,28,32)/t15-/m1/s1. The molecule has 0 saturated carbocycles. The van der Waals surface area contributed by atoms with Crippen molar-refractivity contribution in [3.05, 3.63) is 78.0 Å². The number of hydrogen-bond donors (Lipinski definition) is 2. The average molecular weight is 429 g/mol. The molecule has 162 valence electrons. The molecule has 1 atom stereocenters. The molecule has 0 aliphatic carbocycles. The van der Waals surface area contributed by atoms with Gasteiger partial charge in [0.1, 0.15) is 18.3 Å². The highest BCUT2D eigenvalue weighted by atomic mass is 16.1. The van der Waals surface area contributed by atoms with Gasteiger partial charge < -0.3 is 15.2 Å². The van der Waals surface area contributed by atoms with E-state index >= 15 is 0 Å². The molecule has 0 fully saturated rings. The van der Waals surface area contributed by atoms with E-state index in [0.29, 0.717) is 23.6 Å². The molecule has 0 saturated heterocycles. The number of aromatic nitrogens is 7. The van der Waals surface area contributed by atoms with Gasteiger partial charge in [-0.05, 0) is 38.1 Å². The Morgan fingerprint density at radius 1 is 1.12 bits per heavy atom. The highest BCUT2D eigenvalue weighted by Gasteiger charge is 2.15. The summed E-state index contributed by atoms with van der Waals surface area (Å²) in [4.78, 5) is 29.1.